The van der Waals surface area contributed by atoms with E-state index in [1.54, 1.807) is 13.2 Å². The fourth-order valence-corrected chi connectivity index (χ4v) is 2.45. The summed E-state index contributed by atoms with van der Waals surface area (Å²) in [7, 11) is 1.73. The highest BCUT2D eigenvalue weighted by molar-refractivity contribution is 9.10. The first-order chi connectivity index (χ1) is 7.69. The zero-order chi connectivity index (χ0) is 11.5. The highest BCUT2D eigenvalue weighted by atomic mass is 79.9. The van der Waals surface area contributed by atoms with Gasteiger partial charge in [0.25, 0.3) is 0 Å². The third kappa shape index (κ3) is 2.81. The highest BCUT2D eigenvalue weighted by Crippen LogP contribution is 2.20. The second kappa shape index (κ2) is 5.25. The van der Waals surface area contributed by atoms with Crippen LogP contribution in [-0.4, -0.2) is 31.2 Å². The van der Waals surface area contributed by atoms with E-state index in [2.05, 4.69) is 20.8 Å². The summed E-state index contributed by atoms with van der Waals surface area (Å²) in [6.07, 6.45) is 1.33. The van der Waals surface area contributed by atoms with Crippen LogP contribution in [0.3, 0.4) is 0 Å². The van der Waals surface area contributed by atoms with Gasteiger partial charge in [-0.2, -0.15) is 0 Å². The summed E-state index contributed by atoms with van der Waals surface area (Å²) in [4.78, 5) is 2.22. The van der Waals surface area contributed by atoms with E-state index in [4.69, 9.17) is 4.74 Å². The molecule has 1 saturated heterocycles. The van der Waals surface area contributed by atoms with Gasteiger partial charge < -0.3 is 4.74 Å². The van der Waals surface area contributed by atoms with Crippen molar-refractivity contribution in [2.45, 2.75) is 19.1 Å². The van der Waals surface area contributed by atoms with Crippen molar-refractivity contribution >= 4 is 15.9 Å². The average molecular weight is 288 g/mol. The molecule has 1 aromatic rings. The van der Waals surface area contributed by atoms with Gasteiger partial charge in [-0.25, -0.2) is 4.39 Å². The lowest BCUT2D eigenvalue weighted by Crippen LogP contribution is -2.22. The van der Waals surface area contributed by atoms with Crippen LogP contribution in [-0.2, 0) is 11.3 Å². The van der Waals surface area contributed by atoms with E-state index in [0.29, 0.717) is 12.6 Å². The van der Waals surface area contributed by atoms with E-state index in [9.17, 15) is 4.39 Å². The fraction of sp³-hybridized carbons (Fsp3) is 0.500. The summed E-state index contributed by atoms with van der Waals surface area (Å²) in [5.41, 5.74) is 0.742. The molecule has 1 heterocycles. The molecule has 16 heavy (non-hydrogen) atoms. The topological polar surface area (TPSA) is 12.5 Å². The number of methoxy groups -OCH3 is 1. The number of hydrogen-bond acceptors (Lipinski definition) is 2. The Kier molecular flexibility index (Phi) is 3.95. The summed E-state index contributed by atoms with van der Waals surface area (Å²) in [6, 6.07) is 5.07. The van der Waals surface area contributed by atoms with Gasteiger partial charge in [0, 0.05) is 36.8 Å². The summed E-state index contributed by atoms with van der Waals surface area (Å²) in [5.74, 6) is -0.135. The molecule has 88 valence electrons. The van der Waals surface area contributed by atoms with Crippen molar-refractivity contribution in [1.82, 2.24) is 4.90 Å². The molecule has 0 spiro atoms. The van der Waals surface area contributed by atoms with Crippen LogP contribution in [0.1, 0.15) is 12.0 Å². The van der Waals surface area contributed by atoms with Crippen LogP contribution in [0.4, 0.5) is 4.39 Å². The Hall–Kier alpha value is -0.450. The Morgan fingerprint density at radius 1 is 1.56 bits per heavy atom. The second-order valence-corrected chi connectivity index (χ2v) is 5.03. The van der Waals surface area contributed by atoms with Gasteiger partial charge in [-0.1, -0.05) is 15.9 Å². The van der Waals surface area contributed by atoms with Gasteiger partial charge in [0.1, 0.15) is 5.82 Å². The van der Waals surface area contributed by atoms with Crippen molar-refractivity contribution in [2.75, 3.05) is 20.2 Å². The van der Waals surface area contributed by atoms with Crippen molar-refractivity contribution in [3.8, 4) is 0 Å². The molecule has 0 saturated carbocycles. The molecule has 0 bridgehead atoms. The molecule has 0 radical (unpaired) electrons. The molecular formula is C12H15BrFNO. The maximum Gasteiger partial charge on any atom is 0.127 e. The Balaban J connectivity index is 2.01. The van der Waals surface area contributed by atoms with Gasteiger partial charge in [-0.05, 0) is 24.6 Å². The van der Waals surface area contributed by atoms with Crippen LogP contribution in [0.2, 0.25) is 0 Å². The first kappa shape index (κ1) is 12.0. The van der Waals surface area contributed by atoms with Gasteiger partial charge >= 0.3 is 0 Å². The van der Waals surface area contributed by atoms with Gasteiger partial charge in [0.05, 0.1) is 6.10 Å². The molecule has 1 unspecified atom stereocenters. The van der Waals surface area contributed by atoms with Crippen molar-refractivity contribution in [3.05, 3.63) is 34.1 Å². The van der Waals surface area contributed by atoms with Crippen molar-refractivity contribution in [2.24, 2.45) is 0 Å². The Bertz CT molecular complexity index is 372. The molecule has 4 heteroatoms. The summed E-state index contributed by atoms with van der Waals surface area (Å²) < 4.78 is 19.7. The third-order valence-corrected chi connectivity index (χ3v) is 3.46. The van der Waals surface area contributed by atoms with E-state index < -0.39 is 0 Å². The van der Waals surface area contributed by atoms with E-state index >= 15 is 0 Å². The minimum atomic E-state index is -0.135. The zero-order valence-corrected chi connectivity index (χ0v) is 10.8. The number of likely N-dealkylation sites (tertiary alicyclic amines) is 1. The molecule has 1 aromatic carbocycles. The third-order valence-electron chi connectivity index (χ3n) is 2.96. The molecule has 1 aliphatic rings. The molecule has 0 aliphatic carbocycles. The highest BCUT2D eigenvalue weighted by Gasteiger charge is 2.22. The number of hydrogen-bond donors (Lipinski definition) is 0. The summed E-state index contributed by atoms with van der Waals surface area (Å²) in [6.45, 7) is 2.53. The fourth-order valence-electron chi connectivity index (χ4n) is 2.04. The van der Waals surface area contributed by atoms with E-state index in [1.807, 2.05) is 6.07 Å². The molecule has 0 aromatic heterocycles. The molecule has 0 amide bonds. The zero-order valence-electron chi connectivity index (χ0n) is 9.25. The minimum Gasteiger partial charge on any atom is -0.380 e. The Labute approximate surface area is 104 Å². The largest absolute Gasteiger partial charge is 0.380 e. The first-order valence-electron chi connectivity index (χ1n) is 5.38. The number of halogens is 2. The normalized spacial score (nSPS) is 21.6. The number of benzene rings is 1. The summed E-state index contributed by atoms with van der Waals surface area (Å²) >= 11 is 3.36. The standard InChI is InChI=1S/C12H15BrFNO/c1-16-11-4-5-15(8-11)7-9-6-10(13)2-3-12(9)14/h2-3,6,11H,4-5,7-8H2,1H3. The lowest BCUT2D eigenvalue weighted by Gasteiger charge is -2.16. The second-order valence-electron chi connectivity index (χ2n) is 4.12. The Morgan fingerprint density at radius 2 is 2.38 bits per heavy atom. The van der Waals surface area contributed by atoms with E-state index in [-0.39, 0.29) is 5.82 Å². The van der Waals surface area contributed by atoms with Crippen LogP contribution < -0.4 is 0 Å². The van der Waals surface area contributed by atoms with Crippen molar-refractivity contribution in [1.29, 1.82) is 0 Å². The van der Waals surface area contributed by atoms with Crippen LogP contribution in [0.15, 0.2) is 22.7 Å². The monoisotopic (exact) mass is 287 g/mol. The van der Waals surface area contributed by atoms with Gasteiger partial charge in [0.2, 0.25) is 0 Å². The van der Waals surface area contributed by atoms with Gasteiger partial charge in [0.15, 0.2) is 0 Å². The molecule has 2 rings (SSSR count). The van der Waals surface area contributed by atoms with Crippen LogP contribution in [0.25, 0.3) is 0 Å². The summed E-state index contributed by atoms with van der Waals surface area (Å²) in [5, 5.41) is 0. The maximum atomic E-state index is 13.5. The predicted molar refractivity (Wildman–Crippen MR) is 64.8 cm³/mol. The van der Waals surface area contributed by atoms with Crippen LogP contribution >= 0.6 is 15.9 Å². The van der Waals surface area contributed by atoms with Gasteiger partial charge in [-0.3, -0.25) is 4.90 Å². The molecule has 1 atom stereocenters. The number of ether oxygens (including phenoxy) is 1. The maximum absolute atomic E-state index is 13.5. The van der Waals surface area contributed by atoms with Crippen molar-refractivity contribution < 1.29 is 9.13 Å². The minimum absolute atomic E-state index is 0.135. The first-order valence-corrected chi connectivity index (χ1v) is 6.17. The number of rotatable bonds is 3. The molecule has 2 nitrogen and oxygen atoms in total. The average Bonchev–Trinajstić information content (AvgIpc) is 2.71. The molecule has 1 fully saturated rings. The quantitative estimate of drug-likeness (QED) is 0.848. The molecular weight excluding hydrogens is 273 g/mol. The number of nitrogens with zero attached hydrogens (tertiary/aromatic N) is 1. The molecule has 1 aliphatic heterocycles. The predicted octanol–water partition coefficient (Wildman–Crippen LogP) is 2.81. The van der Waals surface area contributed by atoms with Crippen LogP contribution in [0.5, 0.6) is 0 Å². The molecule has 0 N–H and O–H groups in total. The van der Waals surface area contributed by atoms with Crippen molar-refractivity contribution in [3.63, 3.8) is 0 Å². The lowest BCUT2D eigenvalue weighted by atomic mass is 10.2. The lowest BCUT2D eigenvalue weighted by molar-refractivity contribution is 0.107. The SMILES string of the molecule is COC1CCN(Cc2cc(Br)ccc2F)C1. The van der Waals surface area contributed by atoms with E-state index in [1.165, 1.54) is 6.07 Å². The van der Waals surface area contributed by atoms with Crippen LogP contribution in [0, 0.1) is 5.82 Å². The van der Waals surface area contributed by atoms with Gasteiger partial charge in [-0.15, -0.1) is 0 Å². The Morgan fingerprint density at radius 3 is 3.06 bits per heavy atom. The van der Waals surface area contributed by atoms with E-state index in [0.717, 1.165) is 29.5 Å². The smallest absolute Gasteiger partial charge is 0.127 e.